The van der Waals surface area contributed by atoms with Gasteiger partial charge in [-0.05, 0) is 24.6 Å². The van der Waals surface area contributed by atoms with Gasteiger partial charge < -0.3 is 5.32 Å². The molecule has 2 N–H and O–H groups in total. The van der Waals surface area contributed by atoms with Gasteiger partial charge in [0.1, 0.15) is 0 Å². The maximum Gasteiger partial charge on any atom is 0.226 e. The van der Waals surface area contributed by atoms with Gasteiger partial charge in [-0.1, -0.05) is 48.0 Å². The fourth-order valence-corrected chi connectivity index (χ4v) is 3.48. The number of halogens is 1. The Bertz CT molecular complexity index is 1010. The predicted octanol–water partition coefficient (Wildman–Crippen LogP) is 4.35. The normalized spacial score (nSPS) is 16.1. The van der Waals surface area contributed by atoms with Crippen LogP contribution in [-0.2, 0) is 4.79 Å². The molecule has 130 valence electrons. The highest BCUT2D eigenvalue weighted by Gasteiger charge is 2.36. The van der Waals surface area contributed by atoms with E-state index < -0.39 is 5.92 Å². The SMILES string of the molecule is Cc1ccccc1C(=O)C1CC(=O)Nc2n[nH]c(-c3ccc(Cl)cc3)c21. The number of hydrogen-bond acceptors (Lipinski definition) is 3. The van der Waals surface area contributed by atoms with Crippen molar-refractivity contribution >= 4 is 29.1 Å². The molecule has 3 aromatic rings. The minimum absolute atomic E-state index is 0.0733. The molecule has 1 aliphatic heterocycles. The largest absolute Gasteiger partial charge is 0.309 e. The van der Waals surface area contributed by atoms with Crippen LogP contribution in [0.4, 0.5) is 5.82 Å². The van der Waals surface area contributed by atoms with Crippen molar-refractivity contribution in [3.05, 3.63) is 70.2 Å². The van der Waals surface area contributed by atoms with E-state index in [-0.39, 0.29) is 18.1 Å². The van der Waals surface area contributed by atoms with Gasteiger partial charge in [-0.25, -0.2) is 0 Å². The summed E-state index contributed by atoms with van der Waals surface area (Å²) in [4.78, 5) is 25.3. The highest BCUT2D eigenvalue weighted by Crippen LogP contribution is 2.40. The molecule has 5 nitrogen and oxygen atoms in total. The number of ketones is 1. The van der Waals surface area contributed by atoms with Crippen LogP contribution in [0.25, 0.3) is 11.3 Å². The third-order valence-corrected chi connectivity index (χ3v) is 4.91. The van der Waals surface area contributed by atoms with E-state index >= 15 is 0 Å². The molecule has 1 atom stereocenters. The quantitative estimate of drug-likeness (QED) is 0.677. The van der Waals surface area contributed by atoms with Crippen LogP contribution < -0.4 is 5.32 Å². The Labute approximate surface area is 155 Å². The number of benzene rings is 2. The van der Waals surface area contributed by atoms with Crippen molar-refractivity contribution in [1.82, 2.24) is 10.2 Å². The molecule has 0 saturated carbocycles. The summed E-state index contributed by atoms with van der Waals surface area (Å²) in [6.07, 6.45) is 0.0975. The molecule has 0 aliphatic carbocycles. The molecule has 26 heavy (non-hydrogen) atoms. The molecule has 0 fully saturated rings. The zero-order valence-corrected chi connectivity index (χ0v) is 14.8. The Balaban J connectivity index is 1.83. The van der Waals surface area contributed by atoms with Gasteiger partial charge in [0.2, 0.25) is 5.91 Å². The number of H-pyrrole nitrogens is 1. The zero-order valence-electron chi connectivity index (χ0n) is 14.0. The number of hydrogen-bond donors (Lipinski definition) is 2. The number of aromatic amines is 1. The average molecular weight is 366 g/mol. The Morgan fingerprint density at radius 1 is 1.15 bits per heavy atom. The van der Waals surface area contributed by atoms with Crippen molar-refractivity contribution in [2.75, 3.05) is 5.32 Å². The molecular weight excluding hydrogens is 350 g/mol. The van der Waals surface area contributed by atoms with E-state index in [1.54, 1.807) is 18.2 Å². The molecule has 0 bridgehead atoms. The van der Waals surface area contributed by atoms with Crippen LogP contribution >= 0.6 is 11.6 Å². The number of rotatable bonds is 3. The maximum atomic E-state index is 13.2. The van der Waals surface area contributed by atoms with E-state index in [9.17, 15) is 9.59 Å². The first-order chi connectivity index (χ1) is 12.5. The van der Waals surface area contributed by atoms with Crippen molar-refractivity contribution < 1.29 is 9.59 Å². The van der Waals surface area contributed by atoms with Gasteiger partial charge in [0.15, 0.2) is 11.6 Å². The van der Waals surface area contributed by atoms with Crippen LogP contribution in [0.1, 0.15) is 33.8 Å². The molecule has 6 heteroatoms. The molecule has 2 aromatic carbocycles. The maximum absolute atomic E-state index is 13.2. The predicted molar refractivity (Wildman–Crippen MR) is 101 cm³/mol. The third-order valence-electron chi connectivity index (χ3n) is 4.66. The summed E-state index contributed by atoms with van der Waals surface area (Å²) < 4.78 is 0. The number of nitrogens with one attached hydrogen (secondary N) is 2. The van der Waals surface area contributed by atoms with E-state index in [1.165, 1.54) is 0 Å². The van der Waals surface area contributed by atoms with Crippen molar-refractivity contribution in [3.63, 3.8) is 0 Å². The first-order valence-electron chi connectivity index (χ1n) is 8.28. The summed E-state index contributed by atoms with van der Waals surface area (Å²) in [6, 6.07) is 14.7. The summed E-state index contributed by atoms with van der Waals surface area (Å²) in [5.74, 6) is -0.447. The highest BCUT2D eigenvalue weighted by molar-refractivity contribution is 6.30. The highest BCUT2D eigenvalue weighted by atomic mass is 35.5. The van der Waals surface area contributed by atoms with Gasteiger partial charge in [-0.15, -0.1) is 0 Å². The molecule has 0 spiro atoms. The molecule has 4 rings (SSSR count). The second-order valence-corrected chi connectivity index (χ2v) is 6.79. The molecule has 0 radical (unpaired) electrons. The van der Waals surface area contributed by atoms with E-state index in [1.807, 2.05) is 37.3 Å². The van der Waals surface area contributed by atoms with Gasteiger partial charge >= 0.3 is 0 Å². The van der Waals surface area contributed by atoms with Gasteiger partial charge in [-0.2, -0.15) is 5.10 Å². The lowest BCUT2D eigenvalue weighted by Crippen LogP contribution is -2.27. The van der Waals surface area contributed by atoms with Crippen molar-refractivity contribution in [1.29, 1.82) is 0 Å². The molecule has 1 amide bonds. The van der Waals surface area contributed by atoms with Crippen molar-refractivity contribution in [3.8, 4) is 11.3 Å². The lowest BCUT2D eigenvalue weighted by atomic mass is 9.83. The number of fused-ring (bicyclic) bond motifs is 1. The Morgan fingerprint density at radius 2 is 1.88 bits per heavy atom. The third kappa shape index (κ3) is 2.80. The summed E-state index contributed by atoms with van der Waals surface area (Å²) >= 11 is 5.98. The fourth-order valence-electron chi connectivity index (χ4n) is 3.35. The molecule has 1 aliphatic rings. The first-order valence-corrected chi connectivity index (χ1v) is 8.66. The second kappa shape index (κ2) is 6.42. The standard InChI is InChI=1S/C20H16ClN3O2/c1-11-4-2-3-5-14(11)19(26)15-10-16(25)22-20-17(15)18(23-24-20)12-6-8-13(21)9-7-12/h2-9,15H,10H2,1H3,(H2,22,23,24,25). The first kappa shape index (κ1) is 16.5. The average Bonchev–Trinajstić information content (AvgIpc) is 3.05. The number of amides is 1. The summed E-state index contributed by atoms with van der Waals surface area (Å²) in [6.45, 7) is 1.90. The molecular formula is C20H16ClN3O2. The topological polar surface area (TPSA) is 74.8 Å². The summed E-state index contributed by atoms with van der Waals surface area (Å²) in [7, 11) is 0. The number of anilines is 1. The fraction of sp³-hybridized carbons (Fsp3) is 0.150. The van der Waals surface area contributed by atoms with Crippen LogP contribution in [0.2, 0.25) is 5.02 Å². The Morgan fingerprint density at radius 3 is 2.62 bits per heavy atom. The van der Waals surface area contributed by atoms with Crippen LogP contribution in [0.5, 0.6) is 0 Å². The zero-order chi connectivity index (χ0) is 18.3. The van der Waals surface area contributed by atoms with Gasteiger partial charge in [-0.3, -0.25) is 14.7 Å². The lowest BCUT2D eigenvalue weighted by molar-refractivity contribution is -0.116. The van der Waals surface area contributed by atoms with Crippen molar-refractivity contribution in [2.24, 2.45) is 0 Å². The van der Waals surface area contributed by atoms with Crippen LogP contribution in [0.15, 0.2) is 48.5 Å². The van der Waals surface area contributed by atoms with E-state index in [4.69, 9.17) is 11.6 Å². The van der Waals surface area contributed by atoms with E-state index in [2.05, 4.69) is 15.5 Å². The molecule has 1 aromatic heterocycles. The minimum Gasteiger partial charge on any atom is -0.309 e. The summed E-state index contributed by atoms with van der Waals surface area (Å²) in [5, 5.41) is 10.6. The number of nitrogens with zero attached hydrogens (tertiary/aromatic N) is 1. The summed E-state index contributed by atoms with van der Waals surface area (Å²) in [5.41, 5.74) is 3.83. The van der Waals surface area contributed by atoms with Crippen molar-refractivity contribution in [2.45, 2.75) is 19.3 Å². The Hall–Kier alpha value is -2.92. The van der Waals surface area contributed by atoms with Crippen LogP contribution in [0, 0.1) is 6.92 Å². The molecule has 1 unspecified atom stereocenters. The Kier molecular flexibility index (Phi) is 4.09. The van der Waals surface area contributed by atoms with E-state index in [0.717, 1.165) is 22.4 Å². The number of aromatic nitrogens is 2. The number of aryl methyl sites for hydroxylation is 1. The second-order valence-electron chi connectivity index (χ2n) is 6.35. The smallest absolute Gasteiger partial charge is 0.226 e. The number of carbonyl (C=O) groups is 2. The number of carbonyl (C=O) groups excluding carboxylic acids is 2. The monoisotopic (exact) mass is 365 g/mol. The van der Waals surface area contributed by atoms with Gasteiger partial charge in [0.05, 0.1) is 11.6 Å². The van der Waals surface area contributed by atoms with Gasteiger partial charge in [0, 0.05) is 28.1 Å². The molecule has 2 heterocycles. The lowest BCUT2D eigenvalue weighted by Gasteiger charge is -2.22. The molecule has 0 saturated heterocycles. The van der Waals surface area contributed by atoms with Crippen LogP contribution in [0.3, 0.4) is 0 Å². The minimum atomic E-state index is -0.579. The van der Waals surface area contributed by atoms with Gasteiger partial charge in [0.25, 0.3) is 0 Å². The number of Topliss-reactive ketones (excluding diaryl/α,β-unsaturated/α-hetero) is 1. The van der Waals surface area contributed by atoms with E-state index in [0.29, 0.717) is 16.4 Å². The van der Waals surface area contributed by atoms with Crippen LogP contribution in [-0.4, -0.2) is 21.9 Å².